The number of aromatic nitrogens is 3. The van der Waals surface area contributed by atoms with Crippen LogP contribution in [0, 0.1) is 0 Å². The van der Waals surface area contributed by atoms with Gasteiger partial charge >= 0.3 is 12.0 Å². The van der Waals surface area contributed by atoms with Crippen LogP contribution in [0.3, 0.4) is 0 Å². The Morgan fingerprint density at radius 3 is 2.43 bits per heavy atom. The normalized spacial score (nSPS) is 10.3. The molecule has 0 unspecified atom stereocenters. The van der Waals surface area contributed by atoms with Crippen LogP contribution >= 0.6 is 0 Å². The molecule has 0 aliphatic heterocycles. The molecule has 0 radical (unpaired) electrons. The Bertz CT molecular complexity index is 1030. The van der Waals surface area contributed by atoms with Crippen LogP contribution < -0.4 is 15.4 Å². The summed E-state index contributed by atoms with van der Waals surface area (Å²) in [6.45, 7) is 2.60. The second kappa shape index (κ2) is 9.41. The molecule has 10 heteroatoms. The minimum Gasteiger partial charge on any atom is -0.508 e. The number of carbonyl (C=O) groups is 1. The van der Waals surface area contributed by atoms with Gasteiger partial charge in [-0.2, -0.15) is 15.0 Å². The maximum absolute atomic E-state index is 11.6. The lowest BCUT2D eigenvalue weighted by Gasteiger charge is -2.11. The van der Waals surface area contributed by atoms with Crippen molar-refractivity contribution in [2.24, 2.45) is 0 Å². The van der Waals surface area contributed by atoms with Crippen molar-refractivity contribution in [2.75, 3.05) is 24.4 Å². The third-order valence-corrected chi connectivity index (χ3v) is 3.93. The van der Waals surface area contributed by atoms with Crippen LogP contribution in [0.4, 0.5) is 17.6 Å². The first-order valence-corrected chi connectivity index (χ1v) is 9.07. The number of ether oxygens (including phenoxy) is 2. The number of hydrogen-bond donors (Lipinski definition) is 4. The Hall–Kier alpha value is -4.08. The minimum absolute atomic E-state index is 0.0463. The predicted octanol–water partition coefficient (Wildman–Crippen LogP) is 2.82. The van der Waals surface area contributed by atoms with E-state index in [1.807, 2.05) is 6.92 Å². The van der Waals surface area contributed by atoms with Gasteiger partial charge in [-0.1, -0.05) is 12.1 Å². The Morgan fingerprint density at radius 1 is 1.03 bits per heavy atom. The number of methoxy groups -OCH3 is 1. The van der Waals surface area contributed by atoms with E-state index in [0.29, 0.717) is 18.8 Å². The number of benzene rings is 2. The monoisotopic (exact) mass is 411 g/mol. The van der Waals surface area contributed by atoms with E-state index in [1.54, 1.807) is 30.3 Å². The number of esters is 1. The molecular weight excluding hydrogens is 390 g/mol. The molecule has 0 spiro atoms. The number of rotatable bonds is 8. The molecule has 3 aromatic rings. The zero-order chi connectivity index (χ0) is 21.5. The fourth-order valence-corrected chi connectivity index (χ4v) is 2.50. The van der Waals surface area contributed by atoms with Gasteiger partial charge in [-0.05, 0) is 36.8 Å². The van der Waals surface area contributed by atoms with Crippen LogP contribution in [0.2, 0.25) is 0 Å². The molecule has 0 saturated carbocycles. The third kappa shape index (κ3) is 5.25. The lowest BCUT2D eigenvalue weighted by atomic mass is 10.2. The number of aromatic hydroxyl groups is 2. The second-order valence-corrected chi connectivity index (χ2v) is 6.07. The van der Waals surface area contributed by atoms with Crippen molar-refractivity contribution in [3.05, 3.63) is 53.6 Å². The molecule has 156 valence electrons. The van der Waals surface area contributed by atoms with Crippen LogP contribution in [0.15, 0.2) is 42.5 Å². The lowest BCUT2D eigenvalue weighted by Crippen LogP contribution is -2.09. The smallest absolute Gasteiger partial charge is 0.341 e. The van der Waals surface area contributed by atoms with E-state index in [9.17, 15) is 15.0 Å². The molecule has 30 heavy (non-hydrogen) atoms. The minimum atomic E-state index is -0.640. The van der Waals surface area contributed by atoms with Gasteiger partial charge in [0.2, 0.25) is 11.9 Å². The summed E-state index contributed by atoms with van der Waals surface area (Å²) in [6.07, 6.45) is 0. The van der Waals surface area contributed by atoms with E-state index in [-0.39, 0.29) is 35.0 Å². The third-order valence-electron chi connectivity index (χ3n) is 3.93. The van der Waals surface area contributed by atoms with Crippen molar-refractivity contribution in [1.82, 2.24) is 15.0 Å². The van der Waals surface area contributed by atoms with E-state index in [0.717, 1.165) is 5.56 Å². The molecule has 1 aromatic heterocycles. The number of phenolic OH excluding ortho intramolecular Hbond substituents is 2. The maximum atomic E-state index is 11.6. The summed E-state index contributed by atoms with van der Waals surface area (Å²) in [6, 6.07) is 11.2. The number of phenols is 2. The first kappa shape index (κ1) is 20.6. The van der Waals surface area contributed by atoms with Crippen LogP contribution in [-0.2, 0) is 11.3 Å². The largest absolute Gasteiger partial charge is 0.508 e. The zero-order valence-corrected chi connectivity index (χ0v) is 16.4. The molecule has 3 rings (SSSR count). The quantitative estimate of drug-likeness (QED) is 0.409. The number of carbonyl (C=O) groups excluding carboxylic acids is 1. The molecule has 2 aromatic carbocycles. The lowest BCUT2D eigenvalue weighted by molar-refractivity contribution is 0.0597. The SMILES string of the molecule is CCOc1nc(NCc2ccc(O)cc2)nc(Nc2ccc(C(=O)OC)c(O)c2)n1. The molecule has 10 nitrogen and oxygen atoms in total. The van der Waals surface area contributed by atoms with E-state index in [1.165, 1.54) is 19.2 Å². The highest BCUT2D eigenvalue weighted by Crippen LogP contribution is 2.25. The van der Waals surface area contributed by atoms with Gasteiger partial charge in [0.1, 0.15) is 17.1 Å². The van der Waals surface area contributed by atoms with Crippen LogP contribution in [0.25, 0.3) is 0 Å². The summed E-state index contributed by atoms with van der Waals surface area (Å²) < 4.78 is 10.0. The summed E-state index contributed by atoms with van der Waals surface area (Å²) in [5.74, 6) is -0.230. The van der Waals surface area contributed by atoms with Crippen LogP contribution in [-0.4, -0.2) is 44.9 Å². The Labute approximate surface area is 172 Å². The van der Waals surface area contributed by atoms with Crippen molar-refractivity contribution in [2.45, 2.75) is 13.5 Å². The predicted molar refractivity (Wildman–Crippen MR) is 109 cm³/mol. The molecule has 1 heterocycles. The highest BCUT2D eigenvalue weighted by molar-refractivity contribution is 5.93. The summed E-state index contributed by atoms with van der Waals surface area (Å²) in [7, 11) is 1.24. The van der Waals surface area contributed by atoms with E-state index < -0.39 is 5.97 Å². The highest BCUT2D eigenvalue weighted by Gasteiger charge is 2.13. The standard InChI is InChI=1S/C20H21N5O5/c1-3-30-20-24-18(21-11-12-4-7-14(26)8-5-12)23-19(25-20)22-13-6-9-15(16(27)10-13)17(28)29-2/h4-10,26-27H,3,11H2,1-2H3,(H2,21,22,23,24,25). The number of hydrogen-bond acceptors (Lipinski definition) is 10. The summed E-state index contributed by atoms with van der Waals surface area (Å²) in [5, 5.41) is 25.4. The summed E-state index contributed by atoms with van der Waals surface area (Å²) in [4.78, 5) is 24.3. The average Bonchev–Trinajstić information content (AvgIpc) is 2.73. The number of nitrogens with zero attached hydrogens (tertiary/aromatic N) is 3. The molecule has 4 N–H and O–H groups in total. The maximum Gasteiger partial charge on any atom is 0.341 e. The second-order valence-electron chi connectivity index (χ2n) is 6.07. The highest BCUT2D eigenvalue weighted by atomic mass is 16.5. The number of nitrogens with one attached hydrogen (secondary N) is 2. The Kier molecular flexibility index (Phi) is 6.48. The zero-order valence-electron chi connectivity index (χ0n) is 16.4. The summed E-state index contributed by atoms with van der Waals surface area (Å²) in [5.41, 5.74) is 1.42. The average molecular weight is 411 g/mol. The van der Waals surface area contributed by atoms with Crippen molar-refractivity contribution in [1.29, 1.82) is 0 Å². The first-order valence-electron chi connectivity index (χ1n) is 9.07. The Morgan fingerprint density at radius 2 is 1.77 bits per heavy atom. The van der Waals surface area contributed by atoms with Gasteiger partial charge < -0.3 is 30.3 Å². The van der Waals surface area contributed by atoms with Crippen molar-refractivity contribution < 1.29 is 24.5 Å². The van der Waals surface area contributed by atoms with Gasteiger partial charge in [-0.15, -0.1) is 0 Å². The van der Waals surface area contributed by atoms with E-state index >= 15 is 0 Å². The number of anilines is 3. The van der Waals surface area contributed by atoms with Gasteiger partial charge in [0.05, 0.1) is 13.7 Å². The van der Waals surface area contributed by atoms with Crippen LogP contribution in [0.1, 0.15) is 22.8 Å². The van der Waals surface area contributed by atoms with Gasteiger partial charge in [0.15, 0.2) is 0 Å². The van der Waals surface area contributed by atoms with Crippen molar-refractivity contribution in [3.63, 3.8) is 0 Å². The van der Waals surface area contributed by atoms with E-state index in [2.05, 4.69) is 30.3 Å². The van der Waals surface area contributed by atoms with Crippen molar-refractivity contribution in [3.8, 4) is 17.5 Å². The molecule has 0 aliphatic carbocycles. The van der Waals surface area contributed by atoms with Gasteiger partial charge in [0.25, 0.3) is 0 Å². The van der Waals surface area contributed by atoms with Crippen molar-refractivity contribution >= 4 is 23.6 Å². The topological polar surface area (TPSA) is 139 Å². The Balaban J connectivity index is 1.79. The van der Waals surface area contributed by atoms with Crippen LogP contribution in [0.5, 0.6) is 17.5 Å². The molecule has 0 aliphatic rings. The first-order chi connectivity index (χ1) is 14.5. The van der Waals surface area contributed by atoms with Gasteiger partial charge in [-0.3, -0.25) is 0 Å². The van der Waals surface area contributed by atoms with Gasteiger partial charge in [-0.25, -0.2) is 4.79 Å². The molecule has 0 bridgehead atoms. The molecular formula is C20H21N5O5. The fourth-order valence-electron chi connectivity index (χ4n) is 2.50. The van der Waals surface area contributed by atoms with Gasteiger partial charge in [0, 0.05) is 18.3 Å². The van der Waals surface area contributed by atoms with E-state index in [4.69, 9.17) is 4.74 Å². The molecule has 0 fully saturated rings. The molecule has 0 atom stereocenters. The molecule has 0 saturated heterocycles. The molecule has 0 amide bonds. The fraction of sp³-hybridized carbons (Fsp3) is 0.200. The summed E-state index contributed by atoms with van der Waals surface area (Å²) >= 11 is 0.